The topological polar surface area (TPSA) is 49.5 Å². The van der Waals surface area contributed by atoms with E-state index in [9.17, 15) is 9.50 Å². The van der Waals surface area contributed by atoms with Gasteiger partial charge in [0, 0.05) is 17.9 Å². The van der Waals surface area contributed by atoms with Crippen molar-refractivity contribution in [2.24, 2.45) is 0 Å². The van der Waals surface area contributed by atoms with Gasteiger partial charge in [-0.1, -0.05) is 0 Å². The van der Waals surface area contributed by atoms with Crippen molar-refractivity contribution >= 4 is 11.4 Å². The number of aliphatic hydroxyl groups is 1. The molecule has 88 valence electrons. The molecule has 1 aromatic carbocycles. The fourth-order valence-corrected chi connectivity index (χ4v) is 2.29. The molecule has 0 radical (unpaired) electrons. The molecule has 0 bridgehead atoms. The van der Waals surface area contributed by atoms with Crippen LogP contribution in [-0.4, -0.2) is 24.3 Å². The average Bonchev–Trinajstić information content (AvgIpc) is 2.27. The summed E-state index contributed by atoms with van der Waals surface area (Å²) in [5.41, 5.74) is 6.83. The zero-order valence-electron chi connectivity index (χ0n) is 9.19. The minimum Gasteiger partial charge on any atom is -0.399 e. The lowest BCUT2D eigenvalue weighted by molar-refractivity contribution is 0.240. The molecule has 4 heteroatoms. The highest BCUT2D eigenvalue weighted by Gasteiger charge is 2.22. The monoisotopic (exact) mass is 224 g/mol. The molecule has 0 spiro atoms. The molecule has 1 aliphatic rings. The van der Waals surface area contributed by atoms with Gasteiger partial charge in [-0.05, 0) is 37.5 Å². The Balaban J connectivity index is 2.26. The van der Waals surface area contributed by atoms with Crippen molar-refractivity contribution in [3.05, 3.63) is 24.0 Å². The Kier molecular flexibility index (Phi) is 3.29. The molecule has 16 heavy (non-hydrogen) atoms. The Bertz CT molecular complexity index is 350. The number of benzene rings is 1. The number of nitrogen functional groups attached to an aromatic ring is 1. The van der Waals surface area contributed by atoms with Gasteiger partial charge in [-0.25, -0.2) is 4.39 Å². The number of hydrogen-bond acceptors (Lipinski definition) is 3. The Hall–Kier alpha value is -1.29. The van der Waals surface area contributed by atoms with Gasteiger partial charge < -0.3 is 15.7 Å². The Morgan fingerprint density at radius 2 is 2.19 bits per heavy atom. The molecule has 1 unspecified atom stereocenters. The first-order chi connectivity index (χ1) is 7.70. The van der Waals surface area contributed by atoms with Crippen LogP contribution in [-0.2, 0) is 0 Å². The second-order valence-electron chi connectivity index (χ2n) is 4.27. The molecule has 1 fully saturated rings. The average molecular weight is 224 g/mol. The highest BCUT2D eigenvalue weighted by atomic mass is 19.1. The number of rotatable bonds is 2. The smallest absolute Gasteiger partial charge is 0.127 e. The van der Waals surface area contributed by atoms with Crippen molar-refractivity contribution in [2.45, 2.75) is 25.3 Å². The van der Waals surface area contributed by atoms with Gasteiger partial charge in [0.25, 0.3) is 0 Å². The summed E-state index contributed by atoms with van der Waals surface area (Å²) in [6, 6.07) is 4.64. The lowest BCUT2D eigenvalue weighted by Gasteiger charge is -2.36. The number of aliphatic hydroxyl groups excluding tert-OH is 1. The van der Waals surface area contributed by atoms with Crippen LogP contribution < -0.4 is 10.6 Å². The van der Waals surface area contributed by atoms with E-state index in [-0.39, 0.29) is 18.5 Å². The van der Waals surface area contributed by atoms with E-state index >= 15 is 0 Å². The third-order valence-electron chi connectivity index (χ3n) is 3.07. The van der Waals surface area contributed by atoms with Crippen LogP contribution in [0.4, 0.5) is 15.8 Å². The minimum absolute atomic E-state index is 0.0925. The van der Waals surface area contributed by atoms with Crippen LogP contribution in [0.15, 0.2) is 18.2 Å². The second kappa shape index (κ2) is 4.70. The van der Waals surface area contributed by atoms with Crippen molar-refractivity contribution in [2.75, 3.05) is 23.8 Å². The molecule has 2 rings (SSSR count). The first kappa shape index (κ1) is 11.2. The molecule has 0 amide bonds. The fourth-order valence-electron chi connectivity index (χ4n) is 2.29. The van der Waals surface area contributed by atoms with Gasteiger partial charge in [0.15, 0.2) is 0 Å². The highest BCUT2D eigenvalue weighted by molar-refractivity contribution is 5.57. The summed E-state index contributed by atoms with van der Waals surface area (Å²) in [5.74, 6) is -0.322. The van der Waals surface area contributed by atoms with Crippen LogP contribution in [0.3, 0.4) is 0 Å². The van der Waals surface area contributed by atoms with Crippen molar-refractivity contribution in [3.8, 4) is 0 Å². The Morgan fingerprint density at radius 3 is 2.88 bits per heavy atom. The molecule has 1 atom stereocenters. The van der Waals surface area contributed by atoms with E-state index < -0.39 is 0 Å². The van der Waals surface area contributed by atoms with E-state index in [1.165, 1.54) is 12.1 Å². The maximum atomic E-state index is 13.2. The van der Waals surface area contributed by atoms with Crippen molar-refractivity contribution < 1.29 is 9.50 Å². The van der Waals surface area contributed by atoms with Crippen LogP contribution >= 0.6 is 0 Å². The normalized spacial score (nSPS) is 21.1. The van der Waals surface area contributed by atoms with Crippen molar-refractivity contribution in [1.82, 2.24) is 0 Å². The zero-order valence-corrected chi connectivity index (χ0v) is 9.19. The van der Waals surface area contributed by atoms with Gasteiger partial charge >= 0.3 is 0 Å². The van der Waals surface area contributed by atoms with Gasteiger partial charge in [-0.15, -0.1) is 0 Å². The lowest BCUT2D eigenvalue weighted by Crippen LogP contribution is -2.41. The van der Waals surface area contributed by atoms with E-state index in [2.05, 4.69) is 0 Å². The van der Waals surface area contributed by atoms with Gasteiger partial charge in [-0.3, -0.25) is 0 Å². The van der Waals surface area contributed by atoms with Crippen molar-refractivity contribution in [3.63, 3.8) is 0 Å². The molecule has 3 nitrogen and oxygen atoms in total. The SMILES string of the molecule is Nc1cc(F)cc(N2CCCCC2CO)c1. The summed E-state index contributed by atoms with van der Waals surface area (Å²) >= 11 is 0. The molecule has 1 aliphatic heterocycles. The first-order valence-corrected chi connectivity index (χ1v) is 5.64. The molecule has 1 saturated heterocycles. The van der Waals surface area contributed by atoms with E-state index in [1.807, 2.05) is 4.90 Å². The van der Waals surface area contributed by atoms with E-state index in [0.29, 0.717) is 5.69 Å². The van der Waals surface area contributed by atoms with Gasteiger partial charge in [-0.2, -0.15) is 0 Å². The number of nitrogens with two attached hydrogens (primary N) is 1. The van der Waals surface area contributed by atoms with Gasteiger partial charge in [0.1, 0.15) is 5.82 Å². The summed E-state index contributed by atoms with van der Waals surface area (Å²) in [6.45, 7) is 0.963. The van der Waals surface area contributed by atoms with E-state index in [4.69, 9.17) is 5.73 Å². The molecule has 0 aliphatic carbocycles. The van der Waals surface area contributed by atoms with Crippen LogP contribution in [0.2, 0.25) is 0 Å². The number of hydrogen-bond donors (Lipinski definition) is 2. The maximum Gasteiger partial charge on any atom is 0.127 e. The molecular formula is C12H17FN2O. The molecule has 1 aromatic rings. The quantitative estimate of drug-likeness (QED) is 0.752. The zero-order chi connectivity index (χ0) is 11.5. The molecule has 0 aromatic heterocycles. The second-order valence-corrected chi connectivity index (χ2v) is 4.27. The molecular weight excluding hydrogens is 207 g/mol. The highest BCUT2D eigenvalue weighted by Crippen LogP contribution is 2.27. The Morgan fingerprint density at radius 1 is 1.38 bits per heavy atom. The number of halogens is 1. The Labute approximate surface area is 94.7 Å². The summed E-state index contributed by atoms with van der Waals surface area (Å²) in [5, 5.41) is 9.29. The third kappa shape index (κ3) is 2.27. The number of anilines is 2. The predicted octanol–water partition coefficient (Wildman–Crippen LogP) is 1.76. The molecule has 3 N–H and O–H groups in total. The van der Waals surface area contributed by atoms with E-state index in [0.717, 1.165) is 31.5 Å². The van der Waals surface area contributed by atoms with Crippen molar-refractivity contribution in [1.29, 1.82) is 0 Å². The number of nitrogens with zero attached hydrogens (tertiary/aromatic N) is 1. The van der Waals surface area contributed by atoms with E-state index in [1.54, 1.807) is 6.07 Å². The summed E-state index contributed by atoms with van der Waals surface area (Å²) in [6.07, 6.45) is 3.15. The van der Waals surface area contributed by atoms with Gasteiger partial charge in [0.2, 0.25) is 0 Å². The summed E-state index contributed by atoms with van der Waals surface area (Å²) in [4.78, 5) is 2.04. The molecule has 1 heterocycles. The molecule has 0 saturated carbocycles. The first-order valence-electron chi connectivity index (χ1n) is 5.64. The minimum atomic E-state index is -0.322. The standard InChI is InChI=1S/C12H17FN2O/c13-9-5-10(14)7-12(6-9)15-4-2-1-3-11(15)8-16/h5-7,11,16H,1-4,8,14H2. The van der Waals surface area contributed by atoms with Crippen LogP contribution in [0, 0.1) is 5.82 Å². The fraction of sp³-hybridized carbons (Fsp3) is 0.500. The number of piperidine rings is 1. The lowest BCUT2D eigenvalue weighted by atomic mass is 10.0. The van der Waals surface area contributed by atoms with Crippen LogP contribution in [0.1, 0.15) is 19.3 Å². The third-order valence-corrected chi connectivity index (χ3v) is 3.07. The maximum absolute atomic E-state index is 13.2. The van der Waals surface area contributed by atoms with Crippen LogP contribution in [0.5, 0.6) is 0 Å². The largest absolute Gasteiger partial charge is 0.399 e. The predicted molar refractivity (Wildman–Crippen MR) is 62.9 cm³/mol. The summed E-state index contributed by atoms with van der Waals surface area (Å²) in [7, 11) is 0. The summed E-state index contributed by atoms with van der Waals surface area (Å²) < 4.78 is 13.2. The van der Waals surface area contributed by atoms with Gasteiger partial charge in [0.05, 0.1) is 12.6 Å². The van der Waals surface area contributed by atoms with Crippen LogP contribution in [0.25, 0.3) is 0 Å².